The van der Waals surface area contributed by atoms with E-state index < -0.39 is 0 Å². The fourth-order valence-electron chi connectivity index (χ4n) is 4.57. The summed E-state index contributed by atoms with van der Waals surface area (Å²) in [7, 11) is 0. The highest BCUT2D eigenvalue weighted by atomic mass is 16.2. The van der Waals surface area contributed by atoms with E-state index in [2.05, 4.69) is 44.0 Å². The molecule has 1 spiro atoms. The number of aromatic amines is 1. The van der Waals surface area contributed by atoms with Crippen LogP contribution in [0.15, 0.2) is 36.5 Å². The molecular weight excluding hydrogens is 336 g/mol. The van der Waals surface area contributed by atoms with Crippen molar-refractivity contribution in [2.24, 2.45) is 5.41 Å². The predicted molar refractivity (Wildman–Crippen MR) is 106 cm³/mol. The molecule has 1 aromatic heterocycles. The van der Waals surface area contributed by atoms with E-state index in [1.165, 1.54) is 18.4 Å². The van der Waals surface area contributed by atoms with E-state index in [1.807, 2.05) is 19.2 Å². The first-order valence-corrected chi connectivity index (χ1v) is 10.2. The Bertz CT molecular complexity index is 762. The van der Waals surface area contributed by atoms with Crippen molar-refractivity contribution in [1.29, 1.82) is 0 Å². The van der Waals surface area contributed by atoms with Crippen LogP contribution >= 0.6 is 0 Å². The topological polar surface area (TPSA) is 52.2 Å². The number of carbonyl (C=O) groups is 1. The van der Waals surface area contributed by atoms with Crippen LogP contribution in [0, 0.1) is 12.3 Å². The summed E-state index contributed by atoms with van der Waals surface area (Å²) in [6, 6.07) is 10.5. The second kappa shape index (κ2) is 7.85. The Hall–Kier alpha value is -2.14. The van der Waals surface area contributed by atoms with E-state index in [4.69, 9.17) is 0 Å². The SMILES string of the molecule is Cc1cnc(CN2CCC3(CCC(=O)N(CCc4ccccc4)C3)CC2)[nH]1. The maximum absolute atomic E-state index is 12.5. The average molecular weight is 367 g/mol. The normalized spacial score (nSPS) is 20.3. The lowest BCUT2D eigenvalue weighted by molar-refractivity contribution is -0.139. The Morgan fingerprint density at radius 2 is 1.93 bits per heavy atom. The lowest BCUT2D eigenvalue weighted by Crippen LogP contribution is -2.51. The number of aromatic nitrogens is 2. The molecule has 5 nitrogen and oxygen atoms in total. The highest BCUT2D eigenvalue weighted by molar-refractivity contribution is 5.77. The highest BCUT2D eigenvalue weighted by Crippen LogP contribution is 2.40. The van der Waals surface area contributed by atoms with E-state index in [0.29, 0.717) is 17.7 Å². The Labute approximate surface area is 161 Å². The van der Waals surface area contributed by atoms with Crippen LogP contribution in [0.25, 0.3) is 0 Å². The van der Waals surface area contributed by atoms with Gasteiger partial charge in [-0.1, -0.05) is 30.3 Å². The molecule has 0 saturated carbocycles. The first-order chi connectivity index (χ1) is 13.1. The Balaban J connectivity index is 1.31. The Kier molecular flexibility index (Phi) is 5.30. The summed E-state index contributed by atoms with van der Waals surface area (Å²) in [5.74, 6) is 1.40. The molecule has 0 radical (unpaired) electrons. The van der Waals surface area contributed by atoms with Gasteiger partial charge >= 0.3 is 0 Å². The molecule has 0 atom stereocenters. The monoisotopic (exact) mass is 366 g/mol. The molecule has 0 unspecified atom stereocenters. The number of hydrogen-bond acceptors (Lipinski definition) is 3. The van der Waals surface area contributed by atoms with Gasteiger partial charge in [-0.2, -0.15) is 0 Å². The number of nitrogens with one attached hydrogen (secondary N) is 1. The van der Waals surface area contributed by atoms with E-state index in [9.17, 15) is 4.79 Å². The van der Waals surface area contributed by atoms with Gasteiger partial charge in [0.05, 0.1) is 6.54 Å². The zero-order chi connectivity index (χ0) is 18.7. The summed E-state index contributed by atoms with van der Waals surface area (Å²) in [5.41, 5.74) is 2.76. The van der Waals surface area contributed by atoms with E-state index >= 15 is 0 Å². The number of nitrogens with zero attached hydrogens (tertiary/aromatic N) is 3. The largest absolute Gasteiger partial charge is 0.345 e. The summed E-state index contributed by atoms with van der Waals surface area (Å²) in [6.07, 6.45) is 6.99. The lowest BCUT2D eigenvalue weighted by Gasteiger charge is -2.47. The number of amides is 1. The van der Waals surface area contributed by atoms with Crippen molar-refractivity contribution in [3.63, 3.8) is 0 Å². The fourth-order valence-corrected chi connectivity index (χ4v) is 4.57. The first kappa shape index (κ1) is 18.2. The molecule has 27 heavy (non-hydrogen) atoms. The number of piperidine rings is 2. The zero-order valence-corrected chi connectivity index (χ0v) is 16.3. The number of likely N-dealkylation sites (tertiary alicyclic amines) is 2. The number of benzene rings is 1. The van der Waals surface area contributed by atoms with Crippen LogP contribution in [0.3, 0.4) is 0 Å². The smallest absolute Gasteiger partial charge is 0.222 e. The van der Waals surface area contributed by atoms with Crippen LogP contribution in [0.5, 0.6) is 0 Å². The third-order valence-electron chi connectivity index (χ3n) is 6.31. The molecule has 0 aliphatic carbocycles. The van der Waals surface area contributed by atoms with Crippen molar-refractivity contribution < 1.29 is 4.79 Å². The van der Waals surface area contributed by atoms with Gasteiger partial charge in [0.15, 0.2) is 0 Å². The second-order valence-corrected chi connectivity index (χ2v) is 8.34. The molecule has 2 aliphatic heterocycles. The molecule has 1 aromatic carbocycles. The van der Waals surface area contributed by atoms with Crippen molar-refractivity contribution in [1.82, 2.24) is 19.8 Å². The number of imidazole rings is 1. The number of aryl methyl sites for hydroxylation is 1. The summed E-state index contributed by atoms with van der Waals surface area (Å²) >= 11 is 0. The van der Waals surface area contributed by atoms with E-state index in [-0.39, 0.29) is 0 Å². The summed E-state index contributed by atoms with van der Waals surface area (Å²) in [5, 5.41) is 0. The molecule has 4 rings (SSSR count). The Morgan fingerprint density at radius 1 is 1.15 bits per heavy atom. The van der Waals surface area contributed by atoms with Gasteiger partial charge < -0.3 is 9.88 Å². The molecule has 2 aromatic rings. The molecule has 0 bridgehead atoms. The van der Waals surface area contributed by atoms with Gasteiger partial charge in [0.1, 0.15) is 5.82 Å². The van der Waals surface area contributed by atoms with E-state index in [0.717, 1.165) is 57.1 Å². The minimum absolute atomic E-state index is 0.320. The van der Waals surface area contributed by atoms with Crippen LogP contribution < -0.4 is 0 Å². The molecule has 2 aliphatic rings. The highest BCUT2D eigenvalue weighted by Gasteiger charge is 2.40. The van der Waals surface area contributed by atoms with Gasteiger partial charge in [-0.3, -0.25) is 9.69 Å². The number of H-pyrrole nitrogens is 1. The quantitative estimate of drug-likeness (QED) is 0.884. The van der Waals surface area contributed by atoms with Crippen LogP contribution in [-0.4, -0.2) is 51.9 Å². The van der Waals surface area contributed by atoms with Gasteiger partial charge in [0.2, 0.25) is 5.91 Å². The maximum atomic E-state index is 12.5. The van der Waals surface area contributed by atoms with Crippen molar-refractivity contribution in [2.75, 3.05) is 26.2 Å². The van der Waals surface area contributed by atoms with E-state index in [1.54, 1.807) is 0 Å². The molecule has 5 heteroatoms. The summed E-state index contributed by atoms with van der Waals surface area (Å²) in [4.78, 5) is 24.8. The molecule has 2 fully saturated rings. The van der Waals surface area contributed by atoms with Crippen LogP contribution in [0.1, 0.15) is 42.8 Å². The number of rotatable bonds is 5. The van der Waals surface area contributed by atoms with Crippen molar-refractivity contribution >= 4 is 5.91 Å². The predicted octanol–water partition coefficient (Wildman–Crippen LogP) is 3.17. The van der Waals surface area contributed by atoms with Gasteiger partial charge in [-0.25, -0.2) is 4.98 Å². The van der Waals surface area contributed by atoms with Crippen molar-refractivity contribution in [3.8, 4) is 0 Å². The standard InChI is InChI=1S/C22H30N4O/c1-18-15-23-20(24-18)16-25-13-10-22(11-14-25)9-7-21(27)26(17-22)12-8-19-5-3-2-4-6-19/h2-6,15H,7-14,16-17H2,1H3,(H,23,24). The fraction of sp³-hybridized carbons (Fsp3) is 0.545. The van der Waals surface area contributed by atoms with Crippen molar-refractivity contribution in [2.45, 2.75) is 45.6 Å². The van der Waals surface area contributed by atoms with Crippen LogP contribution in [0.4, 0.5) is 0 Å². The molecule has 3 heterocycles. The maximum Gasteiger partial charge on any atom is 0.222 e. The number of hydrogen-bond donors (Lipinski definition) is 1. The number of carbonyl (C=O) groups excluding carboxylic acids is 1. The first-order valence-electron chi connectivity index (χ1n) is 10.2. The molecular formula is C22H30N4O. The average Bonchev–Trinajstić information content (AvgIpc) is 3.10. The zero-order valence-electron chi connectivity index (χ0n) is 16.3. The van der Waals surface area contributed by atoms with Crippen LogP contribution in [-0.2, 0) is 17.8 Å². The molecule has 2 saturated heterocycles. The van der Waals surface area contributed by atoms with Gasteiger partial charge in [0, 0.05) is 31.4 Å². The molecule has 1 amide bonds. The lowest BCUT2D eigenvalue weighted by atomic mass is 9.72. The minimum atomic E-state index is 0.320. The van der Waals surface area contributed by atoms with Gasteiger partial charge in [-0.05, 0) is 56.7 Å². The van der Waals surface area contributed by atoms with Gasteiger partial charge in [-0.15, -0.1) is 0 Å². The summed E-state index contributed by atoms with van der Waals surface area (Å²) in [6.45, 7) is 6.93. The van der Waals surface area contributed by atoms with Gasteiger partial charge in [0.25, 0.3) is 0 Å². The third kappa shape index (κ3) is 4.41. The Morgan fingerprint density at radius 3 is 2.63 bits per heavy atom. The van der Waals surface area contributed by atoms with Crippen LogP contribution in [0.2, 0.25) is 0 Å². The second-order valence-electron chi connectivity index (χ2n) is 8.34. The van der Waals surface area contributed by atoms with Crippen molar-refractivity contribution in [3.05, 3.63) is 53.6 Å². The molecule has 1 N–H and O–H groups in total. The minimum Gasteiger partial charge on any atom is -0.345 e. The third-order valence-corrected chi connectivity index (χ3v) is 6.31. The summed E-state index contributed by atoms with van der Waals surface area (Å²) < 4.78 is 0. The molecule has 144 valence electrons.